The zero-order valence-corrected chi connectivity index (χ0v) is 19.0. The van der Waals surface area contributed by atoms with E-state index in [1.165, 1.54) is 30.0 Å². The molecule has 0 spiro atoms. The fourth-order valence-electron chi connectivity index (χ4n) is 2.35. The Labute approximate surface area is 190 Å². The lowest BCUT2D eigenvalue weighted by Crippen LogP contribution is -2.48. The van der Waals surface area contributed by atoms with Crippen molar-refractivity contribution in [3.63, 3.8) is 0 Å². The number of nitro benzene ring substituents is 1. The van der Waals surface area contributed by atoms with Crippen LogP contribution in [0.5, 0.6) is 0 Å². The number of benzene rings is 1. The lowest BCUT2D eigenvalue weighted by Gasteiger charge is -2.23. The third-order valence-corrected chi connectivity index (χ3v) is 8.15. The molecule has 1 amide bonds. The Hall–Kier alpha value is -2.38. The number of halogens is 4. The number of hydrogen-bond acceptors (Lipinski definition) is 7. The van der Waals surface area contributed by atoms with Gasteiger partial charge in [-0.2, -0.15) is 13.2 Å². The van der Waals surface area contributed by atoms with Crippen molar-refractivity contribution in [3.8, 4) is 0 Å². The van der Waals surface area contributed by atoms with Gasteiger partial charge in [-0.1, -0.05) is 11.6 Å². The zero-order valence-electron chi connectivity index (χ0n) is 16.6. The smallest absolute Gasteiger partial charge is 0.354 e. The molecule has 8 nitrogen and oxygen atoms in total. The summed E-state index contributed by atoms with van der Waals surface area (Å²) in [7, 11) is -4.39. The van der Waals surface area contributed by atoms with E-state index < -0.39 is 42.2 Å². The second-order valence-corrected chi connectivity index (χ2v) is 10.9. The van der Waals surface area contributed by atoms with Gasteiger partial charge in [0.2, 0.25) is 15.7 Å². The molecule has 32 heavy (non-hydrogen) atoms. The molecule has 1 heterocycles. The number of aromatic nitrogens is 1. The second-order valence-electron chi connectivity index (χ2n) is 6.87. The molecular weight excluding hydrogens is 495 g/mol. The molecule has 0 aliphatic carbocycles. The molecule has 0 saturated heterocycles. The van der Waals surface area contributed by atoms with E-state index in [2.05, 4.69) is 10.3 Å². The fraction of sp³-hybridized carbons (Fsp3) is 0.333. The molecule has 0 aliphatic heterocycles. The Bertz CT molecular complexity index is 1120. The summed E-state index contributed by atoms with van der Waals surface area (Å²) >= 11 is 7.18. The van der Waals surface area contributed by atoms with Crippen molar-refractivity contribution >= 4 is 44.8 Å². The normalized spacial score (nSPS) is 12.4. The van der Waals surface area contributed by atoms with E-state index in [9.17, 15) is 36.5 Å². The standard InChI is InChI=1S/C18H17ClF3N3O5S2/c1-17(2,32(29,30)15-6-3-11(10-24-15)18(20,21)22)16(26)23-7-8-31-14-5-4-12(25(27)28)9-13(14)19/h3-6,9-10H,7-8H2,1-2H3,(H,23,26). The molecule has 1 N–H and O–H groups in total. The minimum absolute atomic E-state index is 0.0379. The van der Waals surface area contributed by atoms with Crippen molar-refractivity contribution in [3.05, 3.63) is 57.2 Å². The van der Waals surface area contributed by atoms with Gasteiger partial charge in [-0.3, -0.25) is 14.9 Å². The van der Waals surface area contributed by atoms with Gasteiger partial charge in [-0.25, -0.2) is 13.4 Å². The van der Waals surface area contributed by atoms with E-state index in [4.69, 9.17) is 11.6 Å². The minimum atomic E-state index is -4.67. The van der Waals surface area contributed by atoms with Crippen molar-refractivity contribution < 1.29 is 31.3 Å². The number of amides is 1. The van der Waals surface area contributed by atoms with Crippen molar-refractivity contribution in [2.24, 2.45) is 0 Å². The van der Waals surface area contributed by atoms with Gasteiger partial charge in [0.25, 0.3) is 5.69 Å². The number of pyridine rings is 1. The van der Waals surface area contributed by atoms with Crippen LogP contribution in [0.2, 0.25) is 5.02 Å². The van der Waals surface area contributed by atoms with Crippen LogP contribution in [0, 0.1) is 10.1 Å². The van der Waals surface area contributed by atoms with Gasteiger partial charge >= 0.3 is 6.18 Å². The Morgan fingerprint density at radius 1 is 1.25 bits per heavy atom. The van der Waals surface area contributed by atoms with Gasteiger partial charge in [-0.15, -0.1) is 11.8 Å². The van der Waals surface area contributed by atoms with E-state index in [1.54, 1.807) is 0 Å². The van der Waals surface area contributed by atoms with Crippen LogP contribution < -0.4 is 5.32 Å². The molecular formula is C18H17ClF3N3O5S2. The van der Waals surface area contributed by atoms with Crippen molar-refractivity contribution in [2.45, 2.75) is 34.7 Å². The summed E-state index contributed by atoms with van der Waals surface area (Å²) in [5, 5.41) is 12.7. The molecule has 0 aliphatic rings. The molecule has 2 rings (SSSR count). The molecule has 0 bridgehead atoms. The maximum absolute atomic E-state index is 12.8. The Balaban J connectivity index is 2.01. The first-order valence-electron chi connectivity index (χ1n) is 8.81. The predicted octanol–water partition coefficient (Wildman–Crippen LogP) is 4.12. The summed E-state index contributed by atoms with van der Waals surface area (Å²) in [6.07, 6.45) is -4.28. The number of nitro groups is 1. The maximum atomic E-state index is 12.8. The summed E-state index contributed by atoms with van der Waals surface area (Å²) in [6, 6.07) is 5.21. The van der Waals surface area contributed by atoms with Crippen LogP contribution in [-0.2, 0) is 20.8 Å². The van der Waals surface area contributed by atoms with Crippen LogP contribution in [0.25, 0.3) is 0 Å². The predicted molar refractivity (Wildman–Crippen MR) is 112 cm³/mol. The van der Waals surface area contributed by atoms with Crippen molar-refractivity contribution in [2.75, 3.05) is 12.3 Å². The number of hydrogen-bond donors (Lipinski definition) is 1. The highest BCUT2D eigenvalue weighted by Gasteiger charge is 2.44. The summed E-state index contributed by atoms with van der Waals surface area (Å²) in [6.45, 7) is 2.28. The lowest BCUT2D eigenvalue weighted by molar-refractivity contribution is -0.384. The number of thioether (sulfide) groups is 1. The average Bonchev–Trinajstić information content (AvgIpc) is 2.71. The quantitative estimate of drug-likeness (QED) is 0.245. The van der Waals surface area contributed by atoms with Crippen molar-refractivity contribution in [1.82, 2.24) is 10.3 Å². The number of sulfone groups is 1. The van der Waals surface area contributed by atoms with E-state index in [1.807, 2.05) is 0 Å². The highest BCUT2D eigenvalue weighted by atomic mass is 35.5. The second kappa shape index (κ2) is 9.63. The Kier molecular flexibility index (Phi) is 7.79. The van der Waals surface area contributed by atoms with Gasteiger partial charge in [0.15, 0.2) is 9.77 Å². The first-order valence-corrected chi connectivity index (χ1v) is 11.7. The molecule has 0 atom stereocenters. The van der Waals surface area contributed by atoms with Crippen LogP contribution >= 0.6 is 23.4 Å². The zero-order chi connectivity index (χ0) is 24.3. The number of carbonyl (C=O) groups excluding carboxylic acids is 1. The molecule has 0 unspecified atom stereocenters. The van der Waals surface area contributed by atoms with Gasteiger partial charge < -0.3 is 5.32 Å². The van der Waals surface area contributed by atoms with Gasteiger partial charge in [0, 0.05) is 35.5 Å². The fourth-order valence-corrected chi connectivity index (χ4v) is 4.75. The number of nitrogens with zero attached hydrogens (tertiary/aromatic N) is 2. The van der Waals surface area contributed by atoms with Gasteiger partial charge in [0.05, 0.1) is 15.5 Å². The van der Waals surface area contributed by atoms with Crippen LogP contribution in [0.4, 0.5) is 18.9 Å². The van der Waals surface area contributed by atoms with Crippen molar-refractivity contribution in [1.29, 1.82) is 0 Å². The summed E-state index contributed by atoms with van der Waals surface area (Å²) in [5.41, 5.74) is -1.28. The maximum Gasteiger partial charge on any atom is 0.417 e. The highest BCUT2D eigenvalue weighted by Crippen LogP contribution is 2.32. The molecule has 14 heteroatoms. The molecule has 174 valence electrons. The largest absolute Gasteiger partial charge is 0.417 e. The third kappa shape index (κ3) is 5.70. The molecule has 1 aromatic heterocycles. The van der Waals surface area contributed by atoms with Crippen LogP contribution in [0.15, 0.2) is 46.5 Å². The number of rotatable bonds is 8. The van der Waals surface area contributed by atoms with Crippen LogP contribution in [0.3, 0.4) is 0 Å². The highest BCUT2D eigenvalue weighted by molar-refractivity contribution is 7.99. The Morgan fingerprint density at radius 2 is 1.91 bits per heavy atom. The first kappa shape index (κ1) is 25.9. The SMILES string of the molecule is CC(C)(C(=O)NCCSc1ccc([N+](=O)[O-])cc1Cl)S(=O)(=O)c1ccc(C(F)(F)F)cn1. The van der Waals surface area contributed by atoms with E-state index in [-0.39, 0.29) is 23.0 Å². The Morgan fingerprint density at radius 3 is 2.41 bits per heavy atom. The first-order chi connectivity index (χ1) is 14.7. The van der Waals surface area contributed by atoms with E-state index >= 15 is 0 Å². The summed E-state index contributed by atoms with van der Waals surface area (Å²) in [4.78, 5) is 26.5. The molecule has 2 aromatic rings. The number of nitrogens with one attached hydrogen (secondary N) is 1. The number of alkyl halides is 3. The summed E-state index contributed by atoms with van der Waals surface area (Å²) < 4.78 is 61.5. The average molecular weight is 512 g/mol. The number of non-ortho nitro benzene ring substituents is 1. The lowest BCUT2D eigenvalue weighted by atomic mass is 10.2. The monoisotopic (exact) mass is 511 g/mol. The third-order valence-electron chi connectivity index (χ3n) is 4.33. The summed E-state index contributed by atoms with van der Waals surface area (Å²) in [5.74, 6) is -0.590. The van der Waals surface area contributed by atoms with Crippen LogP contribution in [-0.4, -0.2) is 41.3 Å². The molecule has 0 radical (unpaired) electrons. The van der Waals surface area contributed by atoms with Gasteiger partial charge in [-0.05, 0) is 32.0 Å². The topological polar surface area (TPSA) is 119 Å². The van der Waals surface area contributed by atoms with E-state index in [0.29, 0.717) is 23.2 Å². The van der Waals surface area contributed by atoms with Crippen LogP contribution in [0.1, 0.15) is 19.4 Å². The molecule has 0 fully saturated rings. The van der Waals surface area contributed by atoms with E-state index in [0.717, 1.165) is 13.8 Å². The van der Waals surface area contributed by atoms with Gasteiger partial charge in [0.1, 0.15) is 0 Å². The molecule has 1 aromatic carbocycles. The number of carbonyl (C=O) groups is 1. The molecule has 0 saturated carbocycles. The minimum Gasteiger partial charge on any atom is -0.354 e.